The fourth-order valence-corrected chi connectivity index (χ4v) is 2.57. The lowest BCUT2D eigenvalue weighted by Crippen LogP contribution is -2.28. The molecule has 0 aliphatic heterocycles. The van der Waals surface area contributed by atoms with E-state index in [-0.39, 0.29) is 18.8 Å². The van der Waals surface area contributed by atoms with Gasteiger partial charge in [-0.1, -0.05) is 12.1 Å². The molecule has 1 aromatic carbocycles. The molecule has 0 bridgehead atoms. The van der Waals surface area contributed by atoms with E-state index in [2.05, 4.69) is 4.72 Å². The minimum absolute atomic E-state index is 0.0401. The Bertz CT molecular complexity index is 459. The van der Waals surface area contributed by atoms with Crippen LogP contribution in [0.2, 0.25) is 0 Å². The van der Waals surface area contributed by atoms with Crippen molar-refractivity contribution in [3.8, 4) is 5.75 Å². The molecule has 18 heavy (non-hydrogen) atoms. The molecule has 0 aliphatic rings. The number of hydrogen-bond acceptors (Lipinski definition) is 4. The van der Waals surface area contributed by atoms with Crippen LogP contribution in [-0.4, -0.2) is 39.5 Å². The van der Waals surface area contributed by atoms with Crippen molar-refractivity contribution in [1.82, 2.24) is 4.72 Å². The van der Waals surface area contributed by atoms with Crippen molar-refractivity contribution in [2.24, 2.45) is 0 Å². The average Bonchev–Trinajstić information content (AvgIpc) is 2.36. The lowest BCUT2D eigenvalue weighted by atomic mass is 10.1. The number of sulfonamides is 1. The van der Waals surface area contributed by atoms with Crippen molar-refractivity contribution < 1.29 is 18.3 Å². The van der Waals surface area contributed by atoms with Crippen molar-refractivity contribution in [3.05, 3.63) is 29.8 Å². The van der Waals surface area contributed by atoms with Crippen LogP contribution in [-0.2, 0) is 16.4 Å². The number of ether oxygens (including phenoxy) is 1. The molecule has 102 valence electrons. The molecule has 2 N–H and O–H groups in total. The normalized spacial score (nSPS) is 11.4. The second-order valence-corrected chi connectivity index (χ2v) is 5.82. The molecule has 0 saturated heterocycles. The molecular formula is C12H19NO4S. The first kappa shape index (κ1) is 14.9. The topological polar surface area (TPSA) is 75.6 Å². The zero-order valence-corrected chi connectivity index (χ0v) is 11.2. The lowest BCUT2D eigenvalue weighted by Gasteiger charge is -2.07. The molecule has 0 saturated carbocycles. The molecule has 6 heteroatoms. The van der Waals surface area contributed by atoms with E-state index in [4.69, 9.17) is 9.84 Å². The van der Waals surface area contributed by atoms with Gasteiger partial charge in [-0.3, -0.25) is 0 Å². The van der Waals surface area contributed by atoms with Crippen molar-refractivity contribution in [1.29, 1.82) is 0 Å². The van der Waals surface area contributed by atoms with Crippen LogP contribution in [0.4, 0.5) is 0 Å². The zero-order valence-electron chi connectivity index (χ0n) is 10.4. The number of rotatable bonds is 8. The van der Waals surface area contributed by atoms with Gasteiger partial charge in [0.15, 0.2) is 0 Å². The highest BCUT2D eigenvalue weighted by Crippen LogP contribution is 2.12. The third-order valence-corrected chi connectivity index (χ3v) is 3.91. The first-order chi connectivity index (χ1) is 8.57. The number of hydrogen-bond donors (Lipinski definition) is 2. The van der Waals surface area contributed by atoms with Gasteiger partial charge in [-0.25, -0.2) is 13.1 Å². The number of benzene rings is 1. The fourth-order valence-electron chi connectivity index (χ4n) is 1.51. The van der Waals surface area contributed by atoms with Crippen LogP contribution in [0.5, 0.6) is 5.75 Å². The van der Waals surface area contributed by atoms with Gasteiger partial charge in [0.1, 0.15) is 5.75 Å². The van der Waals surface area contributed by atoms with Crippen LogP contribution in [0, 0.1) is 0 Å². The van der Waals surface area contributed by atoms with Crippen LogP contribution in [0.1, 0.15) is 12.0 Å². The van der Waals surface area contributed by atoms with Crippen molar-refractivity contribution in [2.45, 2.75) is 12.8 Å². The summed E-state index contributed by atoms with van der Waals surface area (Å²) in [4.78, 5) is 0. The largest absolute Gasteiger partial charge is 0.497 e. The maximum atomic E-state index is 11.5. The molecule has 0 heterocycles. The van der Waals surface area contributed by atoms with Crippen molar-refractivity contribution in [2.75, 3.05) is 26.0 Å². The summed E-state index contributed by atoms with van der Waals surface area (Å²) < 4.78 is 30.5. The summed E-state index contributed by atoms with van der Waals surface area (Å²) in [5.74, 6) is 0.720. The summed E-state index contributed by atoms with van der Waals surface area (Å²) in [5, 5.41) is 8.58. The van der Waals surface area contributed by atoms with Crippen LogP contribution in [0.25, 0.3) is 0 Å². The first-order valence-electron chi connectivity index (χ1n) is 5.78. The third-order valence-electron chi connectivity index (χ3n) is 2.44. The van der Waals surface area contributed by atoms with Gasteiger partial charge in [0.25, 0.3) is 0 Å². The minimum Gasteiger partial charge on any atom is -0.497 e. The van der Waals surface area contributed by atoms with E-state index in [0.717, 1.165) is 11.3 Å². The van der Waals surface area contributed by atoms with Gasteiger partial charge in [0, 0.05) is 13.2 Å². The van der Waals surface area contributed by atoms with E-state index in [1.165, 1.54) is 0 Å². The summed E-state index contributed by atoms with van der Waals surface area (Å²) in [6.45, 7) is 0.234. The molecule has 0 radical (unpaired) electrons. The summed E-state index contributed by atoms with van der Waals surface area (Å²) in [5.41, 5.74) is 1.01. The van der Waals surface area contributed by atoms with Gasteiger partial charge < -0.3 is 9.84 Å². The molecule has 1 aromatic rings. The van der Waals surface area contributed by atoms with E-state index in [9.17, 15) is 8.42 Å². The van der Waals surface area contributed by atoms with E-state index in [1.54, 1.807) is 7.11 Å². The highest BCUT2D eigenvalue weighted by Gasteiger charge is 2.08. The quantitative estimate of drug-likeness (QED) is 0.725. The zero-order chi connectivity index (χ0) is 13.4. The van der Waals surface area contributed by atoms with Crippen molar-refractivity contribution in [3.63, 3.8) is 0 Å². The SMILES string of the molecule is COc1cccc(CCNS(=O)(=O)CCCO)c1. The predicted molar refractivity (Wildman–Crippen MR) is 70.2 cm³/mol. The van der Waals surface area contributed by atoms with Gasteiger partial charge in [-0.15, -0.1) is 0 Å². The molecule has 0 unspecified atom stereocenters. The van der Waals surface area contributed by atoms with Gasteiger partial charge in [-0.2, -0.15) is 0 Å². The molecule has 1 rings (SSSR count). The highest BCUT2D eigenvalue weighted by molar-refractivity contribution is 7.89. The number of aliphatic hydroxyl groups is 1. The van der Waals surface area contributed by atoms with E-state index >= 15 is 0 Å². The Morgan fingerprint density at radius 2 is 2.17 bits per heavy atom. The summed E-state index contributed by atoms with van der Waals surface area (Å²) in [7, 11) is -1.68. The Labute approximate surface area is 108 Å². The van der Waals surface area contributed by atoms with E-state index < -0.39 is 10.0 Å². The fraction of sp³-hybridized carbons (Fsp3) is 0.500. The maximum Gasteiger partial charge on any atom is 0.211 e. The Balaban J connectivity index is 2.41. The number of nitrogens with one attached hydrogen (secondary N) is 1. The molecule has 0 spiro atoms. The van der Waals surface area contributed by atoms with Gasteiger partial charge in [0.2, 0.25) is 10.0 Å². The number of aliphatic hydroxyl groups excluding tert-OH is 1. The monoisotopic (exact) mass is 273 g/mol. The Kier molecular flexibility index (Phi) is 6.11. The lowest BCUT2D eigenvalue weighted by molar-refractivity contribution is 0.295. The summed E-state index contributed by atoms with van der Waals surface area (Å²) in [6, 6.07) is 7.51. The minimum atomic E-state index is -3.27. The van der Waals surface area contributed by atoms with E-state index in [1.807, 2.05) is 24.3 Å². The van der Waals surface area contributed by atoms with Gasteiger partial charge in [0.05, 0.1) is 12.9 Å². The average molecular weight is 273 g/mol. The third kappa shape index (κ3) is 5.48. The Hall–Kier alpha value is -1.11. The van der Waals surface area contributed by atoms with Gasteiger partial charge in [-0.05, 0) is 30.5 Å². The molecule has 0 amide bonds. The molecule has 0 fully saturated rings. The second kappa shape index (κ2) is 7.35. The Morgan fingerprint density at radius 3 is 2.83 bits per heavy atom. The molecule has 0 atom stereocenters. The number of methoxy groups -OCH3 is 1. The smallest absolute Gasteiger partial charge is 0.211 e. The molecule has 0 aromatic heterocycles. The van der Waals surface area contributed by atoms with Gasteiger partial charge >= 0.3 is 0 Å². The molecule has 5 nitrogen and oxygen atoms in total. The van der Waals surface area contributed by atoms with E-state index in [0.29, 0.717) is 13.0 Å². The van der Waals surface area contributed by atoms with Crippen LogP contribution in [0.3, 0.4) is 0 Å². The van der Waals surface area contributed by atoms with Crippen LogP contribution < -0.4 is 9.46 Å². The standard InChI is InChI=1S/C12H19NO4S/c1-17-12-5-2-4-11(10-12)6-7-13-18(15,16)9-3-8-14/h2,4-5,10,13-14H,3,6-9H2,1H3. The summed E-state index contributed by atoms with van der Waals surface area (Å²) >= 11 is 0. The highest BCUT2D eigenvalue weighted by atomic mass is 32.2. The maximum absolute atomic E-state index is 11.5. The first-order valence-corrected chi connectivity index (χ1v) is 7.44. The second-order valence-electron chi connectivity index (χ2n) is 3.89. The summed E-state index contributed by atoms with van der Waals surface area (Å²) in [6.07, 6.45) is 0.865. The molecular weight excluding hydrogens is 254 g/mol. The predicted octanol–water partition coefficient (Wildman–Crippen LogP) is 0.539. The Morgan fingerprint density at radius 1 is 1.39 bits per heavy atom. The molecule has 0 aliphatic carbocycles. The van der Waals surface area contributed by atoms with Crippen molar-refractivity contribution >= 4 is 10.0 Å². The van der Waals surface area contributed by atoms with Crippen LogP contribution >= 0.6 is 0 Å². The van der Waals surface area contributed by atoms with Crippen LogP contribution in [0.15, 0.2) is 24.3 Å².